The molecule has 0 saturated heterocycles. The van der Waals surface area contributed by atoms with E-state index in [1.807, 2.05) is 36.4 Å². The Morgan fingerprint density at radius 2 is 0.643 bits per heavy atom. The first-order valence-electron chi connectivity index (χ1n) is 11.6. The molecule has 0 nitrogen and oxygen atoms in total. The Balaban J connectivity index is 0. The third-order valence-corrected chi connectivity index (χ3v) is 4.30. The maximum absolute atomic E-state index is 2.25. The second kappa shape index (κ2) is 25.4. The van der Waals surface area contributed by atoms with Gasteiger partial charge in [-0.2, -0.15) is 0 Å². The number of benzene rings is 2. The van der Waals surface area contributed by atoms with E-state index in [-0.39, 0.29) is 0 Å². The minimum Gasteiger partial charge on any atom is -0.0654 e. The maximum Gasteiger partial charge on any atom is -0.0398 e. The van der Waals surface area contributed by atoms with Crippen molar-refractivity contribution in [2.24, 2.45) is 0 Å². The van der Waals surface area contributed by atoms with Gasteiger partial charge in [-0.1, -0.05) is 164 Å². The normalized spacial score (nSPS) is 9.07. The lowest BCUT2D eigenvalue weighted by Gasteiger charge is -1.90. The predicted molar refractivity (Wildman–Crippen MR) is 131 cm³/mol. The summed E-state index contributed by atoms with van der Waals surface area (Å²) in [6, 6.07) is 20.5. The standard InChI is InChI=1S/2C7H8.2C7H16/c2*1-7-5-3-2-4-6-7;2*1-3-5-7-6-4-2/h2*2-6H,1H3;2*3-7H2,1-2H3. The number of hydrogen-bond acceptors (Lipinski definition) is 0. The van der Waals surface area contributed by atoms with Crippen LogP contribution in [-0.4, -0.2) is 0 Å². The molecule has 2 rings (SSSR count). The molecule has 0 radical (unpaired) electrons. The molecule has 0 N–H and O–H groups in total. The summed E-state index contributed by atoms with van der Waals surface area (Å²) < 4.78 is 0. The molecule has 0 aromatic heterocycles. The first-order chi connectivity index (χ1) is 13.6. The van der Waals surface area contributed by atoms with Crippen molar-refractivity contribution >= 4 is 0 Å². The first-order valence-corrected chi connectivity index (χ1v) is 11.6. The summed E-state index contributed by atoms with van der Waals surface area (Å²) in [6.07, 6.45) is 14.0. The average Bonchev–Trinajstić information content (AvgIpc) is 2.72. The molecule has 0 amide bonds. The van der Waals surface area contributed by atoms with Gasteiger partial charge in [0.25, 0.3) is 0 Å². The number of unbranched alkanes of at least 4 members (excludes halogenated alkanes) is 8. The Kier molecular flexibility index (Phi) is 26.0. The van der Waals surface area contributed by atoms with Crippen molar-refractivity contribution in [1.82, 2.24) is 0 Å². The molecule has 28 heavy (non-hydrogen) atoms. The van der Waals surface area contributed by atoms with Crippen molar-refractivity contribution in [2.45, 2.75) is 106 Å². The molecule has 0 spiro atoms. The Hall–Kier alpha value is -1.56. The summed E-state index contributed by atoms with van der Waals surface area (Å²) in [5.41, 5.74) is 2.64. The van der Waals surface area contributed by atoms with Crippen molar-refractivity contribution in [3.8, 4) is 0 Å². The van der Waals surface area contributed by atoms with Gasteiger partial charge in [0.15, 0.2) is 0 Å². The van der Waals surface area contributed by atoms with Crippen molar-refractivity contribution < 1.29 is 0 Å². The minimum atomic E-state index is 1.32. The van der Waals surface area contributed by atoms with E-state index in [0.717, 1.165) is 0 Å². The fourth-order valence-corrected chi connectivity index (χ4v) is 2.42. The lowest BCUT2D eigenvalue weighted by molar-refractivity contribution is 0.656. The van der Waals surface area contributed by atoms with E-state index < -0.39 is 0 Å². The highest BCUT2D eigenvalue weighted by Gasteiger charge is 1.80. The van der Waals surface area contributed by atoms with E-state index in [9.17, 15) is 0 Å². The van der Waals surface area contributed by atoms with Crippen LogP contribution in [0.4, 0.5) is 0 Å². The molecule has 0 aliphatic carbocycles. The zero-order chi connectivity index (χ0) is 21.3. The smallest absolute Gasteiger partial charge is 0.0398 e. The topological polar surface area (TPSA) is 0 Å². The van der Waals surface area contributed by atoms with Crippen LogP contribution in [0, 0.1) is 13.8 Å². The first kappa shape index (κ1) is 28.6. The Morgan fingerprint density at radius 3 is 0.786 bits per heavy atom. The molecule has 0 atom stereocenters. The molecular formula is C28H48. The summed E-state index contributed by atoms with van der Waals surface area (Å²) in [5, 5.41) is 0. The van der Waals surface area contributed by atoms with E-state index >= 15 is 0 Å². The average molecular weight is 385 g/mol. The minimum absolute atomic E-state index is 1.32. The van der Waals surface area contributed by atoms with Gasteiger partial charge < -0.3 is 0 Å². The Bertz CT molecular complexity index is 416. The van der Waals surface area contributed by atoms with Crippen LogP contribution in [0.2, 0.25) is 0 Å². The van der Waals surface area contributed by atoms with E-state index in [0.29, 0.717) is 0 Å². The zero-order valence-electron chi connectivity index (χ0n) is 19.8. The number of rotatable bonds is 8. The molecule has 2 aromatic rings. The molecule has 0 aliphatic rings. The van der Waals surface area contributed by atoms with Crippen molar-refractivity contribution in [2.75, 3.05) is 0 Å². The van der Waals surface area contributed by atoms with Crippen LogP contribution in [-0.2, 0) is 0 Å². The highest BCUT2D eigenvalue weighted by Crippen LogP contribution is 2.00. The van der Waals surface area contributed by atoms with Crippen molar-refractivity contribution in [3.63, 3.8) is 0 Å². The van der Waals surface area contributed by atoms with Crippen molar-refractivity contribution in [3.05, 3.63) is 71.8 Å². The fourth-order valence-electron chi connectivity index (χ4n) is 2.42. The second-order valence-electron chi connectivity index (χ2n) is 7.43. The van der Waals surface area contributed by atoms with E-state index in [2.05, 4.69) is 65.8 Å². The van der Waals surface area contributed by atoms with Crippen LogP contribution in [0.1, 0.15) is 103 Å². The van der Waals surface area contributed by atoms with E-state index in [4.69, 9.17) is 0 Å². The lowest BCUT2D eigenvalue weighted by Crippen LogP contribution is -1.70. The SMILES string of the molecule is CCCCCCC.CCCCCCC.Cc1ccccc1.Cc1ccccc1. The number of aryl methyl sites for hydroxylation is 2. The van der Waals surface area contributed by atoms with Gasteiger partial charge in [0, 0.05) is 0 Å². The lowest BCUT2D eigenvalue weighted by atomic mass is 10.2. The second-order valence-corrected chi connectivity index (χ2v) is 7.43. The summed E-state index contributed by atoms with van der Waals surface area (Å²) in [6.45, 7) is 13.1. The molecule has 160 valence electrons. The van der Waals surface area contributed by atoms with E-state index in [1.165, 1.54) is 75.3 Å². The summed E-state index contributed by atoms with van der Waals surface area (Å²) in [4.78, 5) is 0. The van der Waals surface area contributed by atoms with Gasteiger partial charge in [-0.15, -0.1) is 0 Å². The van der Waals surface area contributed by atoms with Crippen molar-refractivity contribution in [1.29, 1.82) is 0 Å². The van der Waals surface area contributed by atoms with Gasteiger partial charge in [0.05, 0.1) is 0 Å². The van der Waals surface area contributed by atoms with Crippen LogP contribution in [0.5, 0.6) is 0 Å². The molecule has 0 bridgehead atoms. The predicted octanol–water partition coefficient (Wildman–Crippen LogP) is 9.94. The van der Waals surface area contributed by atoms with Gasteiger partial charge in [-0.3, -0.25) is 0 Å². The fraction of sp³-hybridized carbons (Fsp3) is 0.571. The molecule has 0 aliphatic heterocycles. The van der Waals surface area contributed by atoms with Crippen LogP contribution >= 0.6 is 0 Å². The Labute approximate surface area is 177 Å². The highest BCUT2D eigenvalue weighted by molar-refractivity contribution is 5.12. The van der Waals surface area contributed by atoms with Crippen LogP contribution in [0.3, 0.4) is 0 Å². The van der Waals surface area contributed by atoms with Gasteiger partial charge in [-0.25, -0.2) is 0 Å². The van der Waals surface area contributed by atoms with E-state index in [1.54, 1.807) is 0 Å². The molecule has 0 fully saturated rings. The largest absolute Gasteiger partial charge is 0.0654 e. The monoisotopic (exact) mass is 384 g/mol. The summed E-state index contributed by atoms with van der Waals surface area (Å²) in [7, 11) is 0. The third-order valence-electron chi connectivity index (χ3n) is 4.30. The quantitative estimate of drug-likeness (QED) is 0.397. The highest BCUT2D eigenvalue weighted by atomic mass is 13.9. The zero-order valence-corrected chi connectivity index (χ0v) is 19.8. The van der Waals surface area contributed by atoms with Gasteiger partial charge in [-0.05, 0) is 13.8 Å². The Morgan fingerprint density at radius 1 is 0.393 bits per heavy atom. The van der Waals surface area contributed by atoms with Gasteiger partial charge in [0.1, 0.15) is 0 Å². The van der Waals surface area contributed by atoms with Crippen LogP contribution in [0.15, 0.2) is 60.7 Å². The molecule has 0 unspecified atom stereocenters. The third kappa shape index (κ3) is 26.7. The molecule has 0 saturated carbocycles. The molecular weight excluding hydrogens is 336 g/mol. The van der Waals surface area contributed by atoms with Gasteiger partial charge >= 0.3 is 0 Å². The van der Waals surface area contributed by atoms with Crippen LogP contribution < -0.4 is 0 Å². The number of hydrogen-bond donors (Lipinski definition) is 0. The van der Waals surface area contributed by atoms with Gasteiger partial charge in [0.2, 0.25) is 0 Å². The summed E-state index contributed by atoms with van der Waals surface area (Å²) in [5.74, 6) is 0. The van der Waals surface area contributed by atoms with Crippen LogP contribution in [0.25, 0.3) is 0 Å². The molecule has 0 heterocycles. The molecule has 0 heteroatoms. The molecule has 2 aromatic carbocycles. The summed E-state index contributed by atoms with van der Waals surface area (Å²) >= 11 is 0. The maximum atomic E-state index is 2.25.